The third-order valence-corrected chi connectivity index (χ3v) is 2.59. The average Bonchev–Trinajstić information content (AvgIpc) is 2.25. The highest BCUT2D eigenvalue weighted by Gasteiger charge is 2.18. The fourth-order valence-corrected chi connectivity index (χ4v) is 1.47. The molecule has 5 heteroatoms. The molecule has 0 aliphatic carbocycles. The molecule has 11 heavy (non-hydrogen) atoms. The first-order valence-electron chi connectivity index (χ1n) is 3.22. The Morgan fingerprint density at radius 3 is 2.82 bits per heavy atom. The Hall–Kier alpha value is -0.680. The van der Waals surface area contributed by atoms with Gasteiger partial charge in [-0.1, -0.05) is 0 Å². The summed E-state index contributed by atoms with van der Waals surface area (Å²) in [6.45, 7) is 2.44. The third-order valence-electron chi connectivity index (χ3n) is 1.23. The molecule has 0 aromatic heterocycles. The van der Waals surface area contributed by atoms with Crippen molar-refractivity contribution in [2.75, 3.05) is 13.2 Å². The second-order valence-electron chi connectivity index (χ2n) is 2.03. The van der Waals surface area contributed by atoms with Gasteiger partial charge in [-0.05, 0) is 6.92 Å². The summed E-state index contributed by atoms with van der Waals surface area (Å²) in [6, 6.07) is 0. The fourth-order valence-electron chi connectivity index (χ4n) is 0.657. The lowest BCUT2D eigenvalue weighted by atomic mass is 10.6. The summed E-state index contributed by atoms with van der Waals surface area (Å²) in [5.74, 6) is 0. The van der Waals surface area contributed by atoms with E-state index >= 15 is 0 Å². The Bertz CT molecular complexity index is 289. The molecule has 0 N–H and O–H groups in total. The minimum atomic E-state index is -3.21. The molecule has 0 saturated heterocycles. The number of hydrogen-bond acceptors (Lipinski definition) is 4. The normalized spacial score (nSPS) is 20.3. The van der Waals surface area contributed by atoms with Crippen molar-refractivity contribution >= 4 is 15.4 Å². The van der Waals surface area contributed by atoms with Gasteiger partial charge in [0.2, 0.25) is 9.84 Å². The topological polar surface area (TPSA) is 55.7 Å². The van der Waals surface area contributed by atoms with Crippen LogP contribution in [0.4, 0.5) is 0 Å². The van der Waals surface area contributed by atoms with E-state index < -0.39 is 9.84 Å². The number of nitrogens with zero attached hydrogens (tertiary/aromatic N) is 1. The highest BCUT2D eigenvalue weighted by molar-refractivity contribution is 8.08. The number of ether oxygens (including phenoxy) is 1. The molecule has 0 aromatic carbocycles. The van der Waals surface area contributed by atoms with Gasteiger partial charge in [0.1, 0.15) is 5.55 Å². The molecule has 0 saturated carbocycles. The van der Waals surface area contributed by atoms with E-state index in [4.69, 9.17) is 4.74 Å². The second kappa shape index (κ2) is 3.15. The molecule has 0 radical (unpaired) electrons. The predicted octanol–water partition coefficient (Wildman–Crippen LogP) is 0.321. The highest BCUT2D eigenvalue weighted by Crippen LogP contribution is 2.11. The van der Waals surface area contributed by atoms with E-state index in [1.54, 1.807) is 0 Å². The number of hydrogen-bond donors (Lipinski definition) is 0. The lowest BCUT2D eigenvalue weighted by Crippen LogP contribution is -2.07. The van der Waals surface area contributed by atoms with Crippen LogP contribution in [-0.4, -0.2) is 27.2 Å². The van der Waals surface area contributed by atoms with Crippen LogP contribution in [0.5, 0.6) is 0 Å². The molecule has 0 fully saturated rings. The quantitative estimate of drug-likeness (QED) is 0.620. The molecular weight excluding hydrogens is 166 g/mol. The summed E-state index contributed by atoms with van der Waals surface area (Å²) < 4.78 is 26.9. The van der Waals surface area contributed by atoms with Crippen molar-refractivity contribution in [3.8, 4) is 0 Å². The summed E-state index contributed by atoms with van der Waals surface area (Å²) in [4.78, 5) is 3.75. The first kappa shape index (κ1) is 8.42. The molecule has 0 spiro atoms. The van der Waals surface area contributed by atoms with E-state index in [0.717, 1.165) is 5.55 Å². The van der Waals surface area contributed by atoms with Crippen molar-refractivity contribution < 1.29 is 13.2 Å². The minimum absolute atomic E-state index is 0.124. The zero-order valence-corrected chi connectivity index (χ0v) is 6.97. The van der Waals surface area contributed by atoms with Gasteiger partial charge in [0, 0.05) is 12.8 Å². The molecule has 62 valence electrons. The number of rotatable bonds is 3. The van der Waals surface area contributed by atoms with Crippen LogP contribution < -0.4 is 0 Å². The van der Waals surface area contributed by atoms with Crippen LogP contribution in [0.1, 0.15) is 6.92 Å². The summed E-state index contributed by atoms with van der Waals surface area (Å²) in [5.41, 5.74) is 0.932. The van der Waals surface area contributed by atoms with Crippen molar-refractivity contribution in [3.63, 3.8) is 0 Å². The molecule has 0 amide bonds. The third kappa shape index (κ3) is 1.87. The summed E-state index contributed by atoms with van der Waals surface area (Å²) in [6.07, 6.45) is 1.31. The Labute approximate surface area is 65.5 Å². The Balaban J connectivity index is 2.63. The van der Waals surface area contributed by atoms with Gasteiger partial charge in [-0.2, -0.15) is 0 Å². The molecule has 1 aliphatic rings. The molecule has 1 rings (SSSR count). The van der Waals surface area contributed by atoms with Gasteiger partial charge >= 0.3 is 0 Å². The van der Waals surface area contributed by atoms with Gasteiger partial charge < -0.3 is 4.74 Å². The summed E-state index contributed by atoms with van der Waals surface area (Å²) in [5, 5.41) is 0. The van der Waals surface area contributed by atoms with Gasteiger partial charge in [0.05, 0.1) is 11.5 Å². The van der Waals surface area contributed by atoms with Crippen molar-refractivity contribution in [2.45, 2.75) is 6.92 Å². The van der Waals surface area contributed by atoms with E-state index in [1.165, 1.54) is 6.20 Å². The van der Waals surface area contributed by atoms with Crippen LogP contribution in [0.3, 0.4) is 0 Å². The van der Waals surface area contributed by atoms with Crippen molar-refractivity contribution in [1.82, 2.24) is 0 Å². The van der Waals surface area contributed by atoms with E-state index in [9.17, 15) is 8.42 Å². The lowest BCUT2D eigenvalue weighted by Gasteiger charge is -1.99. The number of sulfone groups is 1. The SMILES string of the molecule is CCOCC1=CN=CS1(=O)=O. The zero-order valence-electron chi connectivity index (χ0n) is 6.15. The smallest absolute Gasteiger partial charge is 0.216 e. The summed E-state index contributed by atoms with van der Waals surface area (Å²) in [7, 11) is -3.21. The van der Waals surface area contributed by atoms with Crippen LogP contribution in [0.2, 0.25) is 0 Å². The summed E-state index contributed by atoms with van der Waals surface area (Å²) >= 11 is 0. The molecule has 4 nitrogen and oxygen atoms in total. The van der Waals surface area contributed by atoms with Gasteiger partial charge in [0.15, 0.2) is 0 Å². The van der Waals surface area contributed by atoms with Gasteiger partial charge in [-0.15, -0.1) is 0 Å². The maximum absolute atomic E-state index is 11.0. The standard InChI is InChI=1S/C6H9NO3S/c1-2-10-4-6-3-7-5-11(6,8)9/h3,5H,2,4H2,1H3. The van der Waals surface area contributed by atoms with Gasteiger partial charge in [-0.3, -0.25) is 4.99 Å². The van der Waals surface area contributed by atoms with Crippen LogP contribution in [0.25, 0.3) is 0 Å². The van der Waals surface area contributed by atoms with Crippen molar-refractivity contribution in [1.29, 1.82) is 0 Å². The van der Waals surface area contributed by atoms with E-state index in [1.807, 2.05) is 6.92 Å². The van der Waals surface area contributed by atoms with Crippen LogP contribution in [0, 0.1) is 0 Å². The largest absolute Gasteiger partial charge is 0.376 e. The highest BCUT2D eigenvalue weighted by atomic mass is 32.2. The average molecular weight is 175 g/mol. The monoisotopic (exact) mass is 175 g/mol. The van der Waals surface area contributed by atoms with Crippen LogP contribution in [0.15, 0.2) is 16.1 Å². The molecule has 1 heterocycles. The van der Waals surface area contributed by atoms with Crippen molar-refractivity contribution in [2.24, 2.45) is 4.99 Å². The van der Waals surface area contributed by atoms with Gasteiger partial charge in [-0.25, -0.2) is 8.42 Å². The van der Waals surface area contributed by atoms with E-state index in [2.05, 4.69) is 4.99 Å². The fraction of sp³-hybridized carbons (Fsp3) is 0.500. The molecule has 0 atom stereocenters. The van der Waals surface area contributed by atoms with E-state index in [0.29, 0.717) is 6.61 Å². The Morgan fingerprint density at radius 1 is 1.64 bits per heavy atom. The molecular formula is C6H9NO3S. The molecule has 1 aliphatic heterocycles. The Morgan fingerprint density at radius 2 is 2.36 bits per heavy atom. The maximum atomic E-state index is 11.0. The van der Waals surface area contributed by atoms with E-state index in [-0.39, 0.29) is 11.5 Å². The first-order valence-corrected chi connectivity index (χ1v) is 4.76. The zero-order chi connectivity index (χ0) is 8.32. The molecule has 0 aromatic rings. The first-order chi connectivity index (χ1) is 5.17. The maximum Gasteiger partial charge on any atom is 0.216 e. The Kier molecular flexibility index (Phi) is 2.41. The van der Waals surface area contributed by atoms with Crippen molar-refractivity contribution in [3.05, 3.63) is 11.1 Å². The molecule has 0 unspecified atom stereocenters. The second-order valence-corrected chi connectivity index (χ2v) is 3.86. The predicted molar refractivity (Wildman–Crippen MR) is 42.0 cm³/mol. The van der Waals surface area contributed by atoms with Gasteiger partial charge in [0.25, 0.3) is 0 Å². The minimum Gasteiger partial charge on any atom is -0.376 e. The molecule has 0 bridgehead atoms. The van der Waals surface area contributed by atoms with Crippen LogP contribution in [-0.2, 0) is 14.6 Å². The van der Waals surface area contributed by atoms with Crippen LogP contribution >= 0.6 is 0 Å². The number of aliphatic imine (C=N–C) groups is 1. The lowest BCUT2D eigenvalue weighted by molar-refractivity contribution is 0.175.